The molecule has 0 fully saturated rings. The zero-order chi connectivity index (χ0) is 11.3. The Bertz CT molecular complexity index is 372. The van der Waals surface area contributed by atoms with E-state index in [1.54, 1.807) is 10.9 Å². The first-order chi connectivity index (χ1) is 6.97. The molecular formula is C9H17N3O2S. The maximum Gasteiger partial charge on any atom is 0.148 e. The van der Waals surface area contributed by atoms with Crippen LogP contribution in [0, 0.1) is 0 Å². The minimum absolute atomic E-state index is 0.0180. The van der Waals surface area contributed by atoms with Gasteiger partial charge in [0.15, 0.2) is 0 Å². The summed E-state index contributed by atoms with van der Waals surface area (Å²) in [5, 5.41) is 7.18. The van der Waals surface area contributed by atoms with Crippen LogP contribution in [0.25, 0.3) is 0 Å². The molecule has 0 saturated carbocycles. The van der Waals surface area contributed by atoms with Crippen molar-refractivity contribution >= 4 is 9.84 Å². The fourth-order valence-corrected chi connectivity index (χ4v) is 2.40. The Kier molecular flexibility index (Phi) is 4.28. The summed E-state index contributed by atoms with van der Waals surface area (Å²) in [6, 6.07) is 1.84. The van der Waals surface area contributed by atoms with Crippen LogP contribution < -0.4 is 5.32 Å². The van der Waals surface area contributed by atoms with Crippen molar-refractivity contribution in [2.45, 2.75) is 19.5 Å². The lowest BCUT2D eigenvalue weighted by molar-refractivity contribution is 0.511. The van der Waals surface area contributed by atoms with Crippen molar-refractivity contribution < 1.29 is 8.42 Å². The van der Waals surface area contributed by atoms with Gasteiger partial charge in [0.1, 0.15) is 9.84 Å². The van der Waals surface area contributed by atoms with Gasteiger partial charge in [0.25, 0.3) is 0 Å². The molecule has 1 unspecified atom stereocenters. The highest BCUT2D eigenvalue weighted by Gasteiger charge is 2.09. The number of hydrogen-bond acceptors (Lipinski definition) is 4. The van der Waals surface area contributed by atoms with E-state index in [1.165, 1.54) is 6.26 Å². The number of nitrogens with zero attached hydrogens (tertiary/aromatic N) is 2. The van der Waals surface area contributed by atoms with Gasteiger partial charge in [-0.1, -0.05) is 0 Å². The Hall–Kier alpha value is -0.880. The maximum atomic E-state index is 11.0. The number of sulfone groups is 1. The zero-order valence-electron chi connectivity index (χ0n) is 9.05. The second kappa shape index (κ2) is 5.27. The highest BCUT2D eigenvalue weighted by atomic mass is 32.2. The normalized spacial score (nSPS) is 14.0. The van der Waals surface area contributed by atoms with Crippen molar-refractivity contribution in [1.29, 1.82) is 0 Å². The first-order valence-electron chi connectivity index (χ1n) is 4.86. The Morgan fingerprint density at radius 3 is 2.80 bits per heavy atom. The molecule has 5 nitrogen and oxygen atoms in total. The average molecular weight is 231 g/mol. The molecule has 0 amide bonds. The summed E-state index contributed by atoms with van der Waals surface area (Å²) in [7, 11) is -2.89. The van der Waals surface area contributed by atoms with Gasteiger partial charge >= 0.3 is 0 Å². The van der Waals surface area contributed by atoms with Crippen molar-refractivity contribution in [3.63, 3.8) is 0 Å². The van der Waals surface area contributed by atoms with Gasteiger partial charge < -0.3 is 5.32 Å². The summed E-state index contributed by atoms with van der Waals surface area (Å²) >= 11 is 0. The van der Waals surface area contributed by atoms with Gasteiger partial charge in [0, 0.05) is 31.2 Å². The van der Waals surface area contributed by atoms with Gasteiger partial charge in [-0.3, -0.25) is 4.68 Å². The average Bonchev–Trinajstić information content (AvgIpc) is 2.53. The molecule has 6 heteroatoms. The first kappa shape index (κ1) is 12.2. The van der Waals surface area contributed by atoms with Crippen LogP contribution in [0.1, 0.15) is 6.92 Å². The van der Waals surface area contributed by atoms with E-state index in [4.69, 9.17) is 0 Å². The molecule has 0 saturated heterocycles. The Labute approximate surface area is 90.4 Å². The third kappa shape index (κ3) is 5.54. The first-order valence-corrected chi connectivity index (χ1v) is 6.92. The second-order valence-electron chi connectivity index (χ2n) is 3.72. The molecule has 0 radical (unpaired) electrons. The Balaban J connectivity index is 2.20. The molecule has 1 aromatic heterocycles. The van der Waals surface area contributed by atoms with Gasteiger partial charge in [0.2, 0.25) is 0 Å². The summed E-state index contributed by atoms with van der Waals surface area (Å²) < 4.78 is 23.8. The molecule has 0 bridgehead atoms. The number of aromatic nitrogens is 2. The van der Waals surface area contributed by atoms with Crippen LogP contribution in [-0.2, 0) is 16.4 Å². The highest BCUT2D eigenvalue weighted by molar-refractivity contribution is 7.90. The predicted octanol–water partition coefficient (Wildman–Crippen LogP) is -0.0942. The smallest absolute Gasteiger partial charge is 0.148 e. The van der Waals surface area contributed by atoms with Crippen LogP contribution in [0.4, 0.5) is 0 Å². The molecule has 0 aromatic carbocycles. The quantitative estimate of drug-likeness (QED) is 0.743. The molecule has 1 atom stereocenters. The third-order valence-corrected chi connectivity index (χ3v) is 3.05. The molecule has 86 valence electrons. The van der Waals surface area contributed by atoms with Crippen molar-refractivity contribution in [2.75, 3.05) is 18.6 Å². The Morgan fingerprint density at radius 1 is 1.53 bits per heavy atom. The van der Waals surface area contributed by atoms with Gasteiger partial charge in [-0.2, -0.15) is 5.10 Å². The van der Waals surface area contributed by atoms with E-state index in [-0.39, 0.29) is 11.8 Å². The molecule has 0 aliphatic heterocycles. The van der Waals surface area contributed by atoms with E-state index in [0.717, 1.165) is 13.1 Å². The van der Waals surface area contributed by atoms with Gasteiger partial charge in [0.05, 0.1) is 12.3 Å². The maximum absolute atomic E-state index is 11.0. The Morgan fingerprint density at radius 2 is 2.27 bits per heavy atom. The molecular weight excluding hydrogens is 214 g/mol. The van der Waals surface area contributed by atoms with E-state index in [1.807, 2.05) is 19.2 Å². The van der Waals surface area contributed by atoms with Crippen molar-refractivity contribution in [3.05, 3.63) is 18.5 Å². The van der Waals surface area contributed by atoms with Crippen LogP contribution in [-0.4, -0.2) is 42.8 Å². The second-order valence-corrected chi connectivity index (χ2v) is 5.90. The largest absolute Gasteiger partial charge is 0.311 e. The molecule has 15 heavy (non-hydrogen) atoms. The summed E-state index contributed by atoms with van der Waals surface area (Å²) in [5.74, 6) is 0.173. The number of rotatable bonds is 6. The fraction of sp³-hybridized carbons (Fsp3) is 0.667. The lowest BCUT2D eigenvalue weighted by atomic mass is 10.4. The number of nitrogens with one attached hydrogen (secondary N) is 1. The third-order valence-electron chi connectivity index (χ3n) is 1.95. The SMILES string of the molecule is CC(CS(C)(=O)=O)NCCn1cccn1. The van der Waals surface area contributed by atoms with E-state index in [9.17, 15) is 8.42 Å². The zero-order valence-corrected chi connectivity index (χ0v) is 9.87. The van der Waals surface area contributed by atoms with Crippen LogP contribution in [0.2, 0.25) is 0 Å². The lowest BCUT2D eigenvalue weighted by Gasteiger charge is -2.12. The highest BCUT2D eigenvalue weighted by Crippen LogP contribution is 1.90. The van der Waals surface area contributed by atoms with Crippen molar-refractivity contribution in [1.82, 2.24) is 15.1 Å². The van der Waals surface area contributed by atoms with E-state index in [2.05, 4.69) is 10.4 Å². The number of hydrogen-bond donors (Lipinski definition) is 1. The summed E-state index contributed by atoms with van der Waals surface area (Å²) in [6.07, 6.45) is 4.85. The monoisotopic (exact) mass is 231 g/mol. The molecule has 0 spiro atoms. The van der Waals surface area contributed by atoms with Crippen LogP contribution >= 0.6 is 0 Å². The van der Waals surface area contributed by atoms with Crippen molar-refractivity contribution in [2.24, 2.45) is 0 Å². The molecule has 1 aromatic rings. The van der Waals surface area contributed by atoms with Gasteiger partial charge in [-0.05, 0) is 13.0 Å². The summed E-state index contributed by atoms with van der Waals surface area (Å²) in [5.41, 5.74) is 0. The minimum atomic E-state index is -2.89. The summed E-state index contributed by atoms with van der Waals surface area (Å²) in [6.45, 7) is 3.34. The topological polar surface area (TPSA) is 64.0 Å². The van der Waals surface area contributed by atoms with Crippen molar-refractivity contribution in [3.8, 4) is 0 Å². The minimum Gasteiger partial charge on any atom is -0.311 e. The molecule has 0 aliphatic carbocycles. The van der Waals surface area contributed by atoms with E-state index in [0.29, 0.717) is 0 Å². The summed E-state index contributed by atoms with van der Waals surface area (Å²) in [4.78, 5) is 0. The van der Waals surface area contributed by atoms with Crippen LogP contribution in [0.3, 0.4) is 0 Å². The van der Waals surface area contributed by atoms with Crippen LogP contribution in [0.5, 0.6) is 0 Å². The predicted molar refractivity (Wildman–Crippen MR) is 59.4 cm³/mol. The molecule has 1 N–H and O–H groups in total. The lowest BCUT2D eigenvalue weighted by Crippen LogP contribution is -2.34. The van der Waals surface area contributed by atoms with E-state index < -0.39 is 9.84 Å². The van der Waals surface area contributed by atoms with Crippen LogP contribution in [0.15, 0.2) is 18.5 Å². The molecule has 1 rings (SSSR count). The standard InChI is InChI=1S/C9H17N3O2S/c1-9(8-15(2,13)14)10-5-7-12-6-3-4-11-12/h3-4,6,9-10H,5,7-8H2,1-2H3. The molecule has 0 aliphatic rings. The van der Waals surface area contributed by atoms with Gasteiger partial charge in [-0.15, -0.1) is 0 Å². The van der Waals surface area contributed by atoms with Gasteiger partial charge in [-0.25, -0.2) is 8.42 Å². The molecule has 1 heterocycles. The fourth-order valence-electron chi connectivity index (χ4n) is 1.37. The van der Waals surface area contributed by atoms with E-state index >= 15 is 0 Å².